The van der Waals surface area contributed by atoms with Gasteiger partial charge in [0, 0.05) is 19.2 Å². The van der Waals surface area contributed by atoms with E-state index in [1.807, 2.05) is 24.3 Å². The third kappa shape index (κ3) is 3.93. The standard InChI is InChI=1S/C25H24N2O6/c1-30-18-10-6-16(7-11-18)24(17-8-12-19(31-2)13-9-17)26-14-22-23(15-26)33-25-20(27(28)29)4-3-5-21(25)32-22/h3-13,22-24H,14-15H2,1-2H3. The Morgan fingerprint density at radius 1 is 0.879 bits per heavy atom. The topological polar surface area (TPSA) is 83.3 Å². The van der Waals surface area contributed by atoms with Gasteiger partial charge in [0.05, 0.1) is 25.2 Å². The molecule has 2 atom stereocenters. The van der Waals surface area contributed by atoms with E-state index >= 15 is 0 Å². The van der Waals surface area contributed by atoms with Crippen molar-refractivity contribution in [1.82, 2.24) is 4.90 Å². The Balaban J connectivity index is 1.46. The summed E-state index contributed by atoms with van der Waals surface area (Å²) in [4.78, 5) is 13.3. The van der Waals surface area contributed by atoms with Gasteiger partial charge in [0.25, 0.3) is 0 Å². The van der Waals surface area contributed by atoms with Gasteiger partial charge in [0.2, 0.25) is 5.75 Å². The molecule has 3 aromatic carbocycles. The van der Waals surface area contributed by atoms with E-state index in [9.17, 15) is 10.1 Å². The van der Waals surface area contributed by atoms with E-state index < -0.39 is 4.92 Å². The maximum absolute atomic E-state index is 11.5. The quantitative estimate of drug-likeness (QED) is 0.412. The minimum atomic E-state index is -0.438. The number of nitrogens with zero attached hydrogens (tertiary/aromatic N) is 2. The Hall–Kier alpha value is -3.78. The van der Waals surface area contributed by atoms with Gasteiger partial charge in [-0.15, -0.1) is 0 Å². The summed E-state index contributed by atoms with van der Waals surface area (Å²) in [5.74, 6) is 2.20. The van der Waals surface area contributed by atoms with Crippen LogP contribution in [-0.2, 0) is 0 Å². The average Bonchev–Trinajstić information content (AvgIpc) is 3.25. The zero-order chi connectivity index (χ0) is 22.9. The van der Waals surface area contributed by atoms with Crippen molar-refractivity contribution >= 4 is 5.69 Å². The van der Waals surface area contributed by atoms with Crippen LogP contribution in [-0.4, -0.2) is 49.3 Å². The van der Waals surface area contributed by atoms with Gasteiger partial charge in [-0.25, -0.2) is 0 Å². The highest BCUT2D eigenvalue weighted by molar-refractivity contribution is 5.57. The van der Waals surface area contributed by atoms with Crippen molar-refractivity contribution < 1.29 is 23.9 Å². The second kappa shape index (κ2) is 8.63. The fourth-order valence-corrected chi connectivity index (χ4v) is 4.57. The zero-order valence-electron chi connectivity index (χ0n) is 18.3. The summed E-state index contributed by atoms with van der Waals surface area (Å²) < 4.78 is 22.9. The van der Waals surface area contributed by atoms with Crippen LogP contribution in [0.5, 0.6) is 23.0 Å². The van der Waals surface area contributed by atoms with E-state index in [0.717, 1.165) is 22.6 Å². The van der Waals surface area contributed by atoms with Crippen LogP contribution in [0.15, 0.2) is 66.7 Å². The summed E-state index contributed by atoms with van der Waals surface area (Å²) in [6.45, 7) is 1.19. The predicted molar refractivity (Wildman–Crippen MR) is 121 cm³/mol. The smallest absolute Gasteiger partial charge is 0.314 e. The first-order valence-corrected chi connectivity index (χ1v) is 10.7. The van der Waals surface area contributed by atoms with Crippen molar-refractivity contribution in [2.75, 3.05) is 27.3 Å². The number of fused-ring (bicyclic) bond motifs is 2. The highest BCUT2D eigenvalue weighted by atomic mass is 16.6. The molecular formula is C25H24N2O6. The predicted octanol–water partition coefficient (Wildman–Crippen LogP) is 4.23. The Kier molecular flexibility index (Phi) is 5.51. The molecular weight excluding hydrogens is 424 g/mol. The van der Waals surface area contributed by atoms with Crippen LogP contribution in [0.2, 0.25) is 0 Å². The van der Waals surface area contributed by atoms with Gasteiger partial charge in [-0.1, -0.05) is 30.3 Å². The van der Waals surface area contributed by atoms with Crippen molar-refractivity contribution in [3.63, 3.8) is 0 Å². The molecule has 170 valence electrons. The summed E-state index contributed by atoms with van der Waals surface area (Å²) in [7, 11) is 3.29. The lowest BCUT2D eigenvalue weighted by molar-refractivity contribution is -0.386. The lowest BCUT2D eigenvalue weighted by Gasteiger charge is -2.28. The van der Waals surface area contributed by atoms with Crippen LogP contribution in [0.1, 0.15) is 17.2 Å². The number of nitro groups is 1. The maximum Gasteiger partial charge on any atom is 0.314 e. The molecule has 2 aliphatic heterocycles. The molecule has 0 amide bonds. The summed E-state index contributed by atoms with van der Waals surface area (Å²) in [5.41, 5.74) is 2.12. The average molecular weight is 448 g/mol. The minimum Gasteiger partial charge on any atom is -0.497 e. The highest BCUT2D eigenvalue weighted by Crippen LogP contribution is 2.44. The molecule has 1 saturated heterocycles. The highest BCUT2D eigenvalue weighted by Gasteiger charge is 2.44. The molecule has 5 rings (SSSR count). The van der Waals surface area contributed by atoms with Crippen LogP contribution in [0, 0.1) is 10.1 Å². The van der Waals surface area contributed by atoms with Gasteiger partial charge in [-0.05, 0) is 41.5 Å². The molecule has 3 aromatic rings. The van der Waals surface area contributed by atoms with E-state index in [0.29, 0.717) is 18.8 Å². The van der Waals surface area contributed by atoms with Gasteiger partial charge in [0.1, 0.15) is 23.7 Å². The summed E-state index contributed by atoms with van der Waals surface area (Å²) >= 11 is 0. The number of benzene rings is 3. The molecule has 0 aromatic heterocycles. The van der Waals surface area contributed by atoms with E-state index in [1.165, 1.54) is 6.07 Å². The normalized spacial score (nSPS) is 19.2. The number of hydrogen-bond acceptors (Lipinski definition) is 7. The van der Waals surface area contributed by atoms with Gasteiger partial charge < -0.3 is 18.9 Å². The van der Waals surface area contributed by atoms with Crippen LogP contribution < -0.4 is 18.9 Å². The molecule has 0 N–H and O–H groups in total. The Labute approximate surface area is 191 Å². The van der Waals surface area contributed by atoms with Crippen molar-refractivity contribution in [1.29, 1.82) is 0 Å². The van der Waals surface area contributed by atoms with E-state index in [1.54, 1.807) is 26.4 Å². The van der Waals surface area contributed by atoms with Crippen LogP contribution in [0.25, 0.3) is 0 Å². The summed E-state index contributed by atoms with van der Waals surface area (Å²) in [6, 6.07) is 20.7. The maximum atomic E-state index is 11.5. The fourth-order valence-electron chi connectivity index (χ4n) is 4.57. The molecule has 0 saturated carbocycles. The zero-order valence-corrected chi connectivity index (χ0v) is 18.3. The largest absolute Gasteiger partial charge is 0.497 e. The van der Waals surface area contributed by atoms with E-state index in [4.69, 9.17) is 18.9 Å². The van der Waals surface area contributed by atoms with Crippen molar-refractivity contribution in [2.24, 2.45) is 0 Å². The second-order valence-corrected chi connectivity index (χ2v) is 8.08. The number of hydrogen-bond donors (Lipinski definition) is 0. The Bertz CT molecular complexity index is 1100. The van der Waals surface area contributed by atoms with Gasteiger partial charge in [-0.3, -0.25) is 15.0 Å². The number of ether oxygens (including phenoxy) is 4. The molecule has 8 heteroatoms. The molecule has 2 unspecified atom stereocenters. The van der Waals surface area contributed by atoms with Crippen molar-refractivity contribution in [3.8, 4) is 23.0 Å². The fraction of sp³-hybridized carbons (Fsp3) is 0.280. The first kappa shape index (κ1) is 21.1. The number of para-hydroxylation sites is 1. The number of likely N-dealkylation sites (tertiary alicyclic amines) is 1. The molecule has 0 aliphatic carbocycles. The molecule has 0 radical (unpaired) electrons. The van der Waals surface area contributed by atoms with Crippen LogP contribution in [0.4, 0.5) is 5.69 Å². The van der Waals surface area contributed by atoms with Crippen LogP contribution >= 0.6 is 0 Å². The third-order valence-electron chi connectivity index (χ3n) is 6.17. The monoisotopic (exact) mass is 448 g/mol. The second-order valence-electron chi connectivity index (χ2n) is 8.08. The molecule has 8 nitrogen and oxygen atoms in total. The van der Waals surface area contributed by atoms with Crippen LogP contribution in [0.3, 0.4) is 0 Å². The first-order chi connectivity index (χ1) is 16.1. The lowest BCUT2D eigenvalue weighted by atomic mass is 9.97. The third-order valence-corrected chi connectivity index (χ3v) is 6.17. The van der Waals surface area contributed by atoms with Crippen molar-refractivity contribution in [2.45, 2.75) is 18.2 Å². The van der Waals surface area contributed by atoms with Crippen molar-refractivity contribution in [3.05, 3.63) is 88.0 Å². The van der Waals surface area contributed by atoms with E-state index in [2.05, 4.69) is 29.2 Å². The summed E-state index contributed by atoms with van der Waals surface area (Å²) in [6.07, 6.45) is -0.531. The molecule has 33 heavy (non-hydrogen) atoms. The SMILES string of the molecule is COc1ccc(C(c2ccc(OC)cc2)N2CC3Oc4cccc([N+](=O)[O-])c4OC3C2)cc1. The Morgan fingerprint density at radius 2 is 1.42 bits per heavy atom. The minimum absolute atomic E-state index is 0.0577. The van der Waals surface area contributed by atoms with Gasteiger partial charge in [0.15, 0.2) is 5.75 Å². The summed E-state index contributed by atoms with van der Waals surface area (Å²) in [5, 5.41) is 11.5. The number of nitro benzene ring substituents is 1. The molecule has 1 fully saturated rings. The molecule has 0 spiro atoms. The number of rotatable bonds is 6. The molecule has 2 aliphatic rings. The molecule has 0 bridgehead atoms. The van der Waals surface area contributed by atoms with Gasteiger partial charge in [-0.2, -0.15) is 0 Å². The Morgan fingerprint density at radius 3 is 1.94 bits per heavy atom. The number of methoxy groups -OCH3 is 2. The molecule has 2 heterocycles. The van der Waals surface area contributed by atoms with E-state index in [-0.39, 0.29) is 29.7 Å². The first-order valence-electron chi connectivity index (χ1n) is 10.7. The van der Waals surface area contributed by atoms with Gasteiger partial charge >= 0.3 is 5.69 Å². The lowest BCUT2D eigenvalue weighted by Crippen LogP contribution is -2.38.